The zero-order valence-corrected chi connectivity index (χ0v) is 13.8. The predicted octanol–water partition coefficient (Wildman–Crippen LogP) is 3.13. The number of nitriles is 1. The summed E-state index contributed by atoms with van der Waals surface area (Å²) in [6, 6.07) is 20.8. The number of benzene rings is 2. The second-order valence-corrected chi connectivity index (χ2v) is 6.01. The Morgan fingerprint density at radius 2 is 1.75 bits per heavy atom. The third-order valence-corrected chi connectivity index (χ3v) is 4.39. The first-order chi connectivity index (χ1) is 11.9. The van der Waals surface area contributed by atoms with Crippen LogP contribution in [0.2, 0.25) is 0 Å². The van der Waals surface area contributed by atoms with E-state index in [1.54, 1.807) is 0 Å². The third kappa shape index (κ3) is 4.35. The SMILES string of the molecule is N#CC[C@H](c1ccc(OCc2ccccc2)cc1)N1CCNCC1. The van der Waals surface area contributed by atoms with Crippen LogP contribution in [0.5, 0.6) is 5.75 Å². The van der Waals surface area contributed by atoms with E-state index in [2.05, 4.69) is 40.6 Å². The van der Waals surface area contributed by atoms with E-state index in [1.165, 1.54) is 5.56 Å². The molecule has 24 heavy (non-hydrogen) atoms. The Morgan fingerprint density at radius 3 is 2.42 bits per heavy atom. The molecular formula is C20H23N3O. The molecule has 1 atom stereocenters. The molecule has 0 spiro atoms. The molecule has 0 aromatic heterocycles. The number of nitrogens with zero attached hydrogens (tertiary/aromatic N) is 2. The molecular weight excluding hydrogens is 298 g/mol. The van der Waals surface area contributed by atoms with E-state index >= 15 is 0 Å². The van der Waals surface area contributed by atoms with Crippen LogP contribution in [0.25, 0.3) is 0 Å². The molecule has 1 N–H and O–H groups in total. The summed E-state index contributed by atoms with van der Waals surface area (Å²) in [5.41, 5.74) is 2.34. The van der Waals surface area contributed by atoms with Crippen molar-refractivity contribution in [1.29, 1.82) is 5.26 Å². The number of rotatable bonds is 6. The summed E-state index contributed by atoms with van der Waals surface area (Å²) in [6.45, 7) is 4.51. The maximum absolute atomic E-state index is 9.18. The molecule has 4 heteroatoms. The summed E-state index contributed by atoms with van der Waals surface area (Å²) in [4.78, 5) is 2.39. The molecule has 1 heterocycles. The zero-order chi connectivity index (χ0) is 16.6. The molecule has 0 radical (unpaired) electrons. The highest BCUT2D eigenvalue weighted by molar-refractivity contribution is 5.30. The summed E-state index contributed by atoms with van der Waals surface area (Å²) in [7, 11) is 0. The van der Waals surface area contributed by atoms with Crippen molar-refractivity contribution in [2.75, 3.05) is 26.2 Å². The molecule has 1 aliphatic heterocycles. The average Bonchev–Trinajstić information content (AvgIpc) is 2.66. The minimum absolute atomic E-state index is 0.167. The van der Waals surface area contributed by atoms with Crippen LogP contribution in [0.3, 0.4) is 0 Å². The fourth-order valence-corrected chi connectivity index (χ4v) is 3.07. The first-order valence-electron chi connectivity index (χ1n) is 8.45. The van der Waals surface area contributed by atoms with Gasteiger partial charge in [-0.1, -0.05) is 42.5 Å². The van der Waals surface area contributed by atoms with Gasteiger partial charge in [0.15, 0.2) is 0 Å². The number of hydrogen-bond donors (Lipinski definition) is 1. The molecule has 1 saturated heterocycles. The van der Waals surface area contributed by atoms with Gasteiger partial charge in [0, 0.05) is 32.2 Å². The van der Waals surface area contributed by atoms with Crippen molar-refractivity contribution in [1.82, 2.24) is 10.2 Å². The van der Waals surface area contributed by atoms with Gasteiger partial charge in [0.05, 0.1) is 12.5 Å². The summed E-state index contributed by atoms with van der Waals surface area (Å²) >= 11 is 0. The summed E-state index contributed by atoms with van der Waals surface area (Å²) in [5, 5.41) is 12.5. The molecule has 2 aromatic rings. The number of hydrogen-bond acceptors (Lipinski definition) is 4. The van der Waals surface area contributed by atoms with E-state index in [0.29, 0.717) is 13.0 Å². The van der Waals surface area contributed by atoms with Gasteiger partial charge in [0.25, 0.3) is 0 Å². The van der Waals surface area contributed by atoms with Gasteiger partial charge in [-0.3, -0.25) is 4.90 Å². The predicted molar refractivity (Wildman–Crippen MR) is 94.6 cm³/mol. The van der Waals surface area contributed by atoms with Crippen LogP contribution in [-0.2, 0) is 6.61 Å². The highest BCUT2D eigenvalue weighted by atomic mass is 16.5. The Kier molecular flexibility index (Phi) is 5.84. The molecule has 4 nitrogen and oxygen atoms in total. The molecule has 3 rings (SSSR count). The Hall–Kier alpha value is -2.35. The zero-order valence-electron chi connectivity index (χ0n) is 13.8. The van der Waals surface area contributed by atoms with Crippen molar-refractivity contribution in [2.45, 2.75) is 19.1 Å². The Morgan fingerprint density at radius 1 is 1.04 bits per heavy atom. The van der Waals surface area contributed by atoms with Gasteiger partial charge in [0.1, 0.15) is 12.4 Å². The van der Waals surface area contributed by atoms with Gasteiger partial charge in [-0.25, -0.2) is 0 Å². The topological polar surface area (TPSA) is 48.3 Å². The second-order valence-electron chi connectivity index (χ2n) is 6.01. The maximum atomic E-state index is 9.18. The summed E-state index contributed by atoms with van der Waals surface area (Å²) in [5.74, 6) is 0.860. The highest BCUT2D eigenvalue weighted by Gasteiger charge is 2.21. The van der Waals surface area contributed by atoms with Crippen LogP contribution in [0.1, 0.15) is 23.6 Å². The molecule has 2 aromatic carbocycles. The van der Waals surface area contributed by atoms with E-state index in [9.17, 15) is 5.26 Å². The number of ether oxygens (including phenoxy) is 1. The van der Waals surface area contributed by atoms with Gasteiger partial charge in [-0.15, -0.1) is 0 Å². The first-order valence-corrected chi connectivity index (χ1v) is 8.45. The minimum Gasteiger partial charge on any atom is -0.489 e. The monoisotopic (exact) mass is 321 g/mol. The molecule has 1 aliphatic rings. The van der Waals surface area contributed by atoms with Crippen LogP contribution < -0.4 is 10.1 Å². The fourth-order valence-electron chi connectivity index (χ4n) is 3.07. The van der Waals surface area contributed by atoms with Gasteiger partial charge >= 0.3 is 0 Å². The van der Waals surface area contributed by atoms with Gasteiger partial charge in [-0.2, -0.15) is 5.26 Å². The van der Waals surface area contributed by atoms with Crippen molar-refractivity contribution < 1.29 is 4.74 Å². The van der Waals surface area contributed by atoms with Crippen molar-refractivity contribution in [3.8, 4) is 11.8 Å². The summed E-state index contributed by atoms with van der Waals surface area (Å²) in [6.07, 6.45) is 0.518. The van der Waals surface area contributed by atoms with Crippen LogP contribution in [0.4, 0.5) is 0 Å². The highest BCUT2D eigenvalue weighted by Crippen LogP contribution is 2.26. The van der Waals surface area contributed by atoms with E-state index in [-0.39, 0.29) is 6.04 Å². The normalized spacial score (nSPS) is 16.3. The molecule has 0 unspecified atom stereocenters. The van der Waals surface area contributed by atoms with Gasteiger partial charge in [-0.05, 0) is 23.3 Å². The average molecular weight is 321 g/mol. The minimum atomic E-state index is 0.167. The van der Waals surface area contributed by atoms with Gasteiger partial charge in [0.2, 0.25) is 0 Å². The van der Waals surface area contributed by atoms with Crippen LogP contribution in [0.15, 0.2) is 54.6 Å². The second kappa shape index (κ2) is 8.49. The van der Waals surface area contributed by atoms with E-state index < -0.39 is 0 Å². The first kappa shape index (κ1) is 16.5. The van der Waals surface area contributed by atoms with Crippen molar-refractivity contribution in [2.24, 2.45) is 0 Å². The molecule has 0 saturated carbocycles. The quantitative estimate of drug-likeness (QED) is 0.888. The largest absolute Gasteiger partial charge is 0.489 e. The fraction of sp³-hybridized carbons (Fsp3) is 0.350. The smallest absolute Gasteiger partial charge is 0.119 e. The molecule has 124 valence electrons. The Labute approximate surface area is 143 Å². The van der Waals surface area contributed by atoms with Crippen molar-refractivity contribution in [3.05, 3.63) is 65.7 Å². The van der Waals surface area contributed by atoms with Gasteiger partial charge < -0.3 is 10.1 Å². The van der Waals surface area contributed by atoms with Crippen LogP contribution in [0, 0.1) is 11.3 Å². The lowest BCUT2D eigenvalue weighted by atomic mass is 10.0. The lowest BCUT2D eigenvalue weighted by Gasteiger charge is -2.34. The molecule has 0 bridgehead atoms. The molecule has 0 amide bonds. The van der Waals surface area contributed by atoms with E-state index in [0.717, 1.165) is 37.5 Å². The number of nitrogens with one attached hydrogen (secondary N) is 1. The summed E-state index contributed by atoms with van der Waals surface area (Å²) < 4.78 is 5.84. The van der Waals surface area contributed by atoms with E-state index in [4.69, 9.17) is 4.74 Å². The molecule has 0 aliphatic carbocycles. The lowest BCUT2D eigenvalue weighted by Crippen LogP contribution is -2.45. The number of piperazine rings is 1. The van der Waals surface area contributed by atoms with Crippen molar-refractivity contribution >= 4 is 0 Å². The van der Waals surface area contributed by atoms with Crippen molar-refractivity contribution in [3.63, 3.8) is 0 Å². The third-order valence-electron chi connectivity index (χ3n) is 4.39. The van der Waals surface area contributed by atoms with E-state index in [1.807, 2.05) is 30.3 Å². The maximum Gasteiger partial charge on any atom is 0.119 e. The Balaban J connectivity index is 1.64. The Bertz CT molecular complexity index is 658. The van der Waals surface area contributed by atoms with Crippen LogP contribution in [-0.4, -0.2) is 31.1 Å². The van der Waals surface area contributed by atoms with Crippen LogP contribution >= 0.6 is 0 Å². The lowest BCUT2D eigenvalue weighted by molar-refractivity contribution is 0.175. The molecule has 1 fully saturated rings. The standard InChI is InChI=1S/C20H23N3O/c21-11-10-20(23-14-12-22-13-15-23)18-6-8-19(9-7-18)24-16-17-4-2-1-3-5-17/h1-9,20,22H,10,12-16H2/t20-/m1/s1.